The van der Waals surface area contributed by atoms with Crippen LogP contribution in [0.1, 0.15) is 24.2 Å². The lowest BCUT2D eigenvalue weighted by atomic mass is 10.1. The van der Waals surface area contributed by atoms with Crippen molar-refractivity contribution < 1.29 is 31.8 Å². The van der Waals surface area contributed by atoms with E-state index in [-0.39, 0.29) is 24.0 Å². The summed E-state index contributed by atoms with van der Waals surface area (Å²) in [5.41, 5.74) is 1.55. The summed E-state index contributed by atoms with van der Waals surface area (Å²) in [6.45, 7) is 2.22. The lowest BCUT2D eigenvalue weighted by molar-refractivity contribution is -0.105. The summed E-state index contributed by atoms with van der Waals surface area (Å²) in [6.07, 6.45) is 0.160. The van der Waals surface area contributed by atoms with Crippen LogP contribution in [-0.4, -0.2) is 44.2 Å². The number of rotatable bonds is 11. The van der Waals surface area contributed by atoms with E-state index < -0.39 is 16.5 Å². The lowest BCUT2D eigenvalue weighted by Crippen LogP contribution is -2.32. The smallest absolute Gasteiger partial charge is 0.446 e. The highest BCUT2D eigenvalue weighted by molar-refractivity contribution is 7.81. The van der Waals surface area contributed by atoms with Crippen LogP contribution in [0.25, 0.3) is 0 Å². The normalized spacial score (nSPS) is 13.4. The van der Waals surface area contributed by atoms with E-state index >= 15 is 0 Å². The van der Waals surface area contributed by atoms with Crippen LogP contribution < -0.4 is 19.6 Å². The summed E-state index contributed by atoms with van der Waals surface area (Å²) in [4.78, 5) is 10.7. The number of benzene rings is 2. The van der Waals surface area contributed by atoms with Crippen molar-refractivity contribution in [1.29, 1.82) is 0 Å². The molecule has 0 aliphatic carbocycles. The van der Waals surface area contributed by atoms with E-state index in [1.807, 2.05) is 31.2 Å². The SMILES string of the molecule is COc1ccc(C[C@H](C)NC[C@@H](O)c2ccc(OS(=O)(=O)O)c(NC=O)c2)cc1. The average Bonchev–Trinajstić information content (AvgIpc) is 2.67. The zero-order chi connectivity index (χ0) is 21.4. The van der Waals surface area contributed by atoms with Crippen LogP contribution in [0.4, 0.5) is 5.69 Å². The molecule has 0 aliphatic heterocycles. The van der Waals surface area contributed by atoms with Gasteiger partial charge in [-0.25, -0.2) is 0 Å². The Morgan fingerprint density at radius 3 is 2.45 bits per heavy atom. The number of nitrogens with one attached hydrogen (secondary N) is 2. The third-order valence-corrected chi connectivity index (χ3v) is 4.55. The molecule has 0 aromatic heterocycles. The van der Waals surface area contributed by atoms with Gasteiger partial charge in [0.15, 0.2) is 5.75 Å². The largest absolute Gasteiger partial charge is 0.497 e. The third kappa shape index (κ3) is 7.35. The van der Waals surface area contributed by atoms with E-state index in [2.05, 4.69) is 14.8 Å². The first kappa shape index (κ1) is 22.6. The highest BCUT2D eigenvalue weighted by Gasteiger charge is 2.16. The van der Waals surface area contributed by atoms with E-state index in [4.69, 9.17) is 9.29 Å². The fourth-order valence-electron chi connectivity index (χ4n) is 2.74. The van der Waals surface area contributed by atoms with Crippen LogP contribution in [0.15, 0.2) is 42.5 Å². The highest BCUT2D eigenvalue weighted by atomic mass is 32.3. The van der Waals surface area contributed by atoms with Crippen molar-refractivity contribution in [3.8, 4) is 11.5 Å². The number of aliphatic hydroxyl groups is 1. The Labute approximate surface area is 169 Å². The molecular formula is C19H24N2O7S. The van der Waals surface area contributed by atoms with Gasteiger partial charge in [-0.05, 0) is 48.7 Å². The number of anilines is 1. The molecule has 0 bridgehead atoms. The second-order valence-corrected chi connectivity index (χ2v) is 7.43. The molecule has 0 heterocycles. The van der Waals surface area contributed by atoms with Gasteiger partial charge in [-0.15, -0.1) is 0 Å². The van der Waals surface area contributed by atoms with Gasteiger partial charge < -0.3 is 24.7 Å². The quantitative estimate of drug-likeness (QED) is 0.316. The third-order valence-electron chi connectivity index (χ3n) is 4.16. The second-order valence-electron chi connectivity index (χ2n) is 6.41. The first-order valence-electron chi connectivity index (χ1n) is 8.77. The molecule has 10 heteroatoms. The Kier molecular flexibility index (Phi) is 7.97. The minimum absolute atomic E-state index is 0.000423. The monoisotopic (exact) mass is 424 g/mol. The van der Waals surface area contributed by atoms with Gasteiger partial charge in [0.1, 0.15) is 5.75 Å². The topological polar surface area (TPSA) is 134 Å². The van der Waals surface area contributed by atoms with E-state index in [9.17, 15) is 18.3 Å². The minimum atomic E-state index is -4.75. The van der Waals surface area contributed by atoms with Crippen molar-refractivity contribution >= 4 is 22.5 Å². The van der Waals surface area contributed by atoms with Gasteiger partial charge in [-0.3, -0.25) is 9.35 Å². The molecule has 1 amide bonds. The van der Waals surface area contributed by atoms with Crippen molar-refractivity contribution in [2.45, 2.75) is 25.5 Å². The number of hydrogen-bond acceptors (Lipinski definition) is 7. The molecule has 0 saturated carbocycles. The maximum atomic E-state index is 10.9. The van der Waals surface area contributed by atoms with E-state index in [1.54, 1.807) is 7.11 Å². The Balaban J connectivity index is 1.98. The van der Waals surface area contributed by atoms with Crippen LogP contribution >= 0.6 is 0 Å². The summed E-state index contributed by atoms with van der Waals surface area (Å²) in [5.74, 6) is 0.516. The first-order valence-corrected chi connectivity index (χ1v) is 10.1. The summed E-state index contributed by atoms with van der Waals surface area (Å²) in [5, 5.41) is 15.9. The molecule has 2 aromatic carbocycles. The molecule has 0 radical (unpaired) electrons. The minimum Gasteiger partial charge on any atom is -0.497 e. The number of amides is 1. The maximum absolute atomic E-state index is 10.9. The van der Waals surface area contributed by atoms with Crippen molar-refractivity contribution in [2.24, 2.45) is 0 Å². The number of ether oxygens (including phenoxy) is 1. The predicted molar refractivity (Wildman–Crippen MR) is 107 cm³/mol. The Bertz CT molecular complexity index is 917. The van der Waals surface area contributed by atoms with E-state index in [0.29, 0.717) is 12.0 Å². The zero-order valence-electron chi connectivity index (χ0n) is 16.0. The standard InChI is InChI=1S/C19H24N2O7S/c1-13(9-14-3-6-16(27-2)7-4-14)20-11-18(23)15-5-8-19(28-29(24,25)26)17(10-15)21-12-22/h3-8,10,12-13,18,20,23H,9,11H2,1-2H3,(H,21,22)(H,24,25,26)/t13-,18+/m0/s1. The van der Waals surface area contributed by atoms with Crippen molar-refractivity contribution in [3.63, 3.8) is 0 Å². The molecule has 2 atom stereocenters. The Morgan fingerprint density at radius 2 is 1.86 bits per heavy atom. The predicted octanol–water partition coefficient (Wildman–Crippen LogP) is 1.70. The Morgan fingerprint density at radius 1 is 1.17 bits per heavy atom. The second kappa shape index (κ2) is 10.2. The van der Waals surface area contributed by atoms with Gasteiger partial charge in [0.2, 0.25) is 6.41 Å². The summed E-state index contributed by atoms with van der Waals surface area (Å²) in [6, 6.07) is 11.8. The number of carbonyl (C=O) groups is 1. The number of hydrogen-bond donors (Lipinski definition) is 4. The molecule has 0 unspecified atom stereocenters. The maximum Gasteiger partial charge on any atom is 0.446 e. The van der Waals surface area contributed by atoms with Crippen molar-refractivity contribution in [3.05, 3.63) is 53.6 Å². The molecule has 158 valence electrons. The van der Waals surface area contributed by atoms with Crippen molar-refractivity contribution in [1.82, 2.24) is 5.32 Å². The molecule has 0 aliphatic rings. The van der Waals surface area contributed by atoms with E-state index in [1.165, 1.54) is 18.2 Å². The Hall–Kier alpha value is -2.66. The molecule has 9 nitrogen and oxygen atoms in total. The van der Waals surface area contributed by atoms with Gasteiger partial charge >= 0.3 is 10.4 Å². The number of aliphatic hydroxyl groups excluding tert-OH is 1. The average molecular weight is 424 g/mol. The molecule has 2 aromatic rings. The van der Waals surface area contributed by atoms with Gasteiger partial charge in [0.05, 0.1) is 18.9 Å². The molecule has 29 heavy (non-hydrogen) atoms. The molecule has 0 fully saturated rings. The van der Waals surface area contributed by atoms with Crippen LogP contribution in [-0.2, 0) is 21.6 Å². The van der Waals surface area contributed by atoms with Gasteiger partial charge in [-0.2, -0.15) is 8.42 Å². The van der Waals surface area contributed by atoms with Gasteiger partial charge in [-0.1, -0.05) is 18.2 Å². The number of methoxy groups -OCH3 is 1. The molecular weight excluding hydrogens is 400 g/mol. The lowest BCUT2D eigenvalue weighted by Gasteiger charge is -2.19. The van der Waals surface area contributed by atoms with Crippen LogP contribution in [0.2, 0.25) is 0 Å². The fraction of sp³-hybridized carbons (Fsp3) is 0.316. The molecule has 4 N–H and O–H groups in total. The van der Waals surface area contributed by atoms with Crippen LogP contribution in [0, 0.1) is 0 Å². The molecule has 0 saturated heterocycles. The van der Waals surface area contributed by atoms with Crippen LogP contribution in [0.3, 0.4) is 0 Å². The number of carbonyl (C=O) groups excluding carboxylic acids is 1. The summed E-state index contributed by atoms with van der Waals surface area (Å²) >= 11 is 0. The first-order chi connectivity index (χ1) is 13.7. The summed E-state index contributed by atoms with van der Waals surface area (Å²) < 4.78 is 40.1. The fourth-order valence-corrected chi connectivity index (χ4v) is 3.11. The highest BCUT2D eigenvalue weighted by Crippen LogP contribution is 2.29. The van der Waals surface area contributed by atoms with E-state index in [0.717, 1.165) is 17.7 Å². The van der Waals surface area contributed by atoms with Crippen molar-refractivity contribution in [2.75, 3.05) is 19.0 Å². The zero-order valence-corrected chi connectivity index (χ0v) is 16.8. The molecule has 2 rings (SSSR count). The van der Waals surface area contributed by atoms with Gasteiger partial charge in [0.25, 0.3) is 0 Å². The molecule has 0 spiro atoms. The summed E-state index contributed by atoms with van der Waals surface area (Å²) in [7, 11) is -3.14. The van der Waals surface area contributed by atoms with Crippen LogP contribution in [0.5, 0.6) is 11.5 Å². The van der Waals surface area contributed by atoms with Gasteiger partial charge in [0, 0.05) is 12.6 Å².